The molecule has 4 rings (SSSR count). The normalized spacial score (nSPS) is 15.8. The van der Waals surface area contributed by atoms with Gasteiger partial charge in [-0.05, 0) is 51.2 Å². The van der Waals surface area contributed by atoms with Gasteiger partial charge in [0.15, 0.2) is 5.65 Å². The Kier molecular flexibility index (Phi) is 5.00. The Hall–Kier alpha value is -2.58. The second-order valence-corrected chi connectivity index (χ2v) is 7.04. The lowest BCUT2D eigenvalue weighted by atomic mass is 10.1. The van der Waals surface area contributed by atoms with Crippen molar-refractivity contribution in [2.75, 3.05) is 30.8 Å². The molecule has 7 nitrogen and oxygen atoms in total. The van der Waals surface area contributed by atoms with Crippen molar-refractivity contribution in [1.82, 2.24) is 24.8 Å². The molecule has 1 saturated heterocycles. The van der Waals surface area contributed by atoms with E-state index in [2.05, 4.69) is 42.5 Å². The quantitative estimate of drug-likeness (QED) is 0.709. The summed E-state index contributed by atoms with van der Waals surface area (Å²) in [5, 5.41) is 7.21. The molecule has 0 unspecified atom stereocenters. The number of piperidine rings is 1. The molecule has 1 aliphatic heterocycles. The Bertz CT molecular complexity index is 960. The molecule has 0 aliphatic carbocycles. The van der Waals surface area contributed by atoms with Gasteiger partial charge in [-0.25, -0.2) is 19.3 Å². The largest absolute Gasteiger partial charge is 0.351 e. The minimum absolute atomic E-state index is 0.0409. The molecule has 2 N–H and O–H groups in total. The number of hydrogen-bond donors (Lipinski definition) is 2. The van der Waals surface area contributed by atoms with Crippen molar-refractivity contribution in [3.63, 3.8) is 0 Å². The minimum atomic E-state index is -0.470. The molecule has 0 saturated carbocycles. The number of aromatic nitrogens is 4. The minimum Gasteiger partial charge on any atom is -0.351 e. The summed E-state index contributed by atoms with van der Waals surface area (Å²) < 4.78 is 13.3. The first kappa shape index (κ1) is 17.8. The molecule has 2 aromatic heterocycles. The number of anilines is 3. The number of fused-ring (bicyclic) bond motifs is 1. The van der Waals surface area contributed by atoms with E-state index in [-0.39, 0.29) is 5.02 Å². The summed E-state index contributed by atoms with van der Waals surface area (Å²) >= 11 is 5.84. The maximum absolute atomic E-state index is 13.3. The van der Waals surface area contributed by atoms with E-state index in [1.807, 2.05) is 0 Å². The van der Waals surface area contributed by atoms with Crippen LogP contribution in [-0.2, 0) is 0 Å². The maximum Gasteiger partial charge on any atom is 0.224 e. The summed E-state index contributed by atoms with van der Waals surface area (Å²) in [6, 6.07) is 4.75. The van der Waals surface area contributed by atoms with Crippen LogP contribution in [0.2, 0.25) is 5.02 Å². The van der Waals surface area contributed by atoms with Gasteiger partial charge < -0.3 is 15.5 Å². The Morgan fingerprint density at radius 2 is 2.00 bits per heavy atom. The van der Waals surface area contributed by atoms with Crippen LogP contribution in [0.25, 0.3) is 11.0 Å². The van der Waals surface area contributed by atoms with E-state index in [9.17, 15) is 4.39 Å². The lowest BCUT2D eigenvalue weighted by molar-refractivity contribution is 0.263. The second-order valence-electron chi connectivity index (χ2n) is 6.63. The van der Waals surface area contributed by atoms with Crippen molar-refractivity contribution in [3.05, 3.63) is 41.6 Å². The van der Waals surface area contributed by atoms with Crippen LogP contribution < -0.4 is 10.6 Å². The first-order chi connectivity index (χ1) is 13.1. The number of nitrogens with one attached hydrogen (secondary N) is 2. The summed E-state index contributed by atoms with van der Waals surface area (Å²) in [6.45, 7) is 2.11. The Balaban J connectivity index is 1.55. The van der Waals surface area contributed by atoms with Crippen molar-refractivity contribution in [2.24, 2.45) is 0 Å². The van der Waals surface area contributed by atoms with Crippen LogP contribution in [0.5, 0.6) is 0 Å². The number of likely N-dealkylation sites (tertiary alicyclic amines) is 1. The van der Waals surface area contributed by atoms with Gasteiger partial charge in [-0.1, -0.05) is 11.6 Å². The number of benzene rings is 1. The van der Waals surface area contributed by atoms with Gasteiger partial charge >= 0.3 is 0 Å². The van der Waals surface area contributed by atoms with Crippen molar-refractivity contribution < 1.29 is 4.39 Å². The molecule has 0 bridgehead atoms. The van der Waals surface area contributed by atoms with Gasteiger partial charge in [-0.15, -0.1) is 0 Å². The number of hydrogen-bond acceptors (Lipinski definition) is 7. The average Bonchev–Trinajstić information content (AvgIpc) is 2.67. The van der Waals surface area contributed by atoms with Gasteiger partial charge in [-0.2, -0.15) is 4.98 Å². The molecule has 0 atom stereocenters. The summed E-state index contributed by atoms with van der Waals surface area (Å²) in [6.07, 6.45) is 5.23. The molecule has 1 aliphatic rings. The fourth-order valence-electron chi connectivity index (χ4n) is 3.06. The van der Waals surface area contributed by atoms with E-state index in [0.29, 0.717) is 34.5 Å². The van der Waals surface area contributed by atoms with E-state index in [0.717, 1.165) is 25.9 Å². The highest BCUT2D eigenvalue weighted by atomic mass is 35.5. The smallest absolute Gasteiger partial charge is 0.224 e. The van der Waals surface area contributed by atoms with E-state index in [4.69, 9.17) is 11.6 Å². The summed E-state index contributed by atoms with van der Waals surface area (Å²) in [4.78, 5) is 19.7. The van der Waals surface area contributed by atoms with Crippen molar-refractivity contribution in [1.29, 1.82) is 0 Å². The van der Waals surface area contributed by atoms with E-state index >= 15 is 0 Å². The zero-order valence-electron chi connectivity index (χ0n) is 14.8. The molecule has 1 aromatic carbocycles. The summed E-state index contributed by atoms with van der Waals surface area (Å²) in [7, 11) is 2.13. The maximum atomic E-state index is 13.3. The summed E-state index contributed by atoms with van der Waals surface area (Å²) in [5.41, 5.74) is 1.15. The third-order valence-electron chi connectivity index (χ3n) is 4.62. The van der Waals surface area contributed by atoms with Crippen LogP contribution >= 0.6 is 11.6 Å². The molecule has 0 spiro atoms. The molecule has 1 fully saturated rings. The van der Waals surface area contributed by atoms with Gasteiger partial charge in [-0.3, -0.25) is 0 Å². The Morgan fingerprint density at radius 1 is 1.19 bits per heavy atom. The predicted octanol–water partition coefficient (Wildman–Crippen LogP) is 3.46. The first-order valence-electron chi connectivity index (χ1n) is 8.73. The fourth-order valence-corrected chi connectivity index (χ4v) is 3.24. The highest BCUT2D eigenvalue weighted by Crippen LogP contribution is 2.25. The van der Waals surface area contributed by atoms with Crippen LogP contribution in [0.4, 0.5) is 21.8 Å². The van der Waals surface area contributed by atoms with Gasteiger partial charge in [0, 0.05) is 17.9 Å². The van der Waals surface area contributed by atoms with Crippen molar-refractivity contribution in [2.45, 2.75) is 18.9 Å². The fraction of sp³-hybridized carbons (Fsp3) is 0.333. The topological polar surface area (TPSA) is 78.9 Å². The Morgan fingerprint density at radius 3 is 2.78 bits per heavy atom. The molecule has 3 heterocycles. The molecule has 0 radical (unpaired) electrons. The zero-order valence-corrected chi connectivity index (χ0v) is 15.5. The third kappa shape index (κ3) is 4.06. The molecule has 3 aromatic rings. The zero-order chi connectivity index (χ0) is 18.8. The first-order valence-corrected chi connectivity index (χ1v) is 9.11. The lowest BCUT2D eigenvalue weighted by Crippen LogP contribution is -2.37. The second kappa shape index (κ2) is 7.58. The van der Waals surface area contributed by atoms with Crippen LogP contribution in [0, 0.1) is 5.82 Å². The van der Waals surface area contributed by atoms with Crippen LogP contribution in [0.3, 0.4) is 0 Å². The van der Waals surface area contributed by atoms with Crippen molar-refractivity contribution in [3.8, 4) is 0 Å². The SMILES string of the molecule is CN1CCC(Nc2ncc3c(Nc4ccc(F)c(Cl)c4)ncnc3n2)CC1. The highest BCUT2D eigenvalue weighted by Gasteiger charge is 2.17. The average molecular weight is 388 g/mol. The van der Waals surface area contributed by atoms with Gasteiger partial charge in [0.25, 0.3) is 0 Å². The number of rotatable bonds is 4. The highest BCUT2D eigenvalue weighted by molar-refractivity contribution is 6.31. The summed E-state index contributed by atoms with van der Waals surface area (Å²) in [5.74, 6) is 0.628. The number of nitrogens with zero attached hydrogens (tertiary/aromatic N) is 5. The molecule has 27 heavy (non-hydrogen) atoms. The third-order valence-corrected chi connectivity index (χ3v) is 4.91. The van der Waals surface area contributed by atoms with Gasteiger partial charge in [0.2, 0.25) is 5.95 Å². The monoisotopic (exact) mass is 387 g/mol. The van der Waals surface area contributed by atoms with Gasteiger partial charge in [0.1, 0.15) is 18.0 Å². The molecular weight excluding hydrogens is 369 g/mol. The standard InChI is InChI=1S/C18H19ClFN7/c1-27-6-4-11(5-7-27)25-18-21-9-13-16(22-10-23-17(13)26-18)24-12-2-3-15(20)14(19)8-12/h2-3,8-11H,4-7H2,1H3,(H2,21,22,23,24,25,26). The van der Waals surface area contributed by atoms with Crippen LogP contribution in [-0.4, -0.2) is 51.0 Å². The van der Waals surface area contributed by atoms with Gasteiger partial charge in [0.05, 0.1) is 10.4 Å². The molecule has 140 valence electrons. The van der Waals surface area contributed by atoms with Crippen LogP contribution in [0.15, 0.2) is 30.7 Å². The predicted molar refractivity (Wildman–Crippen MR) is 104 cm³/mol. The Labute approximate surface area is 161 Å². The number of halogens is 2. The van der Waals surface area contributed by atoms with Crippen molar-refractivity contribution >= 4 is 40.1 Å². The molecule has 9 heteroatoms. The molecular formula is C18H19ClFN7. The van der Waals surface area contributed by atoms with E-state index in [1.165, 1.54) is 18.5 Å². The lowest BCUT2D eigenvalue weighted by Gasteiger charge is -2.29. The van der Waals surface area contributed by atoms with E-state index in [1.54, 1.807) is 12.3 Å². The van der Waals surface area contributed by atoms with E-state index < -0.39 is 5.82 Å². The molecule has 0 amide bonds. The van der Waals surface area contributed by atoms with Crippen LogP contribution in [0.1, 0.15) is 12.8 Å².